The fraction of sp³-hybridized carbons (Fsp3) is 0.462. The molecular weight excluding hydrogens is 255 g/mol. The van der Waals surface area contributed by atoms with E-state index in [0.717, 1.165) is 24.9 Å². The Hall–Kier alpha value is -1.13. The van der Waals surface area contributed by atoms with Crippen LogP contribution in [0, 0.1) is 5.82 Å². The molecular formula is C13H16ClFN2O. The number of carbonyl (C=O) groups excluding carboxylic acids is 1. The lowest BCUT2D eigenvalue weighted by Crippen LogP contribution is -2.41. The monoisotopic (exact) mass is 270 g/mol. The molecule has 0 radical (unpaired) electrons. The van der Waals surface area contributed by atoms with Crippen LogP contribution in [-0.4, -0.2) is 30.4 Å². The van der Waals surface area contributed by atoms with Gasteiger partial charge in [-0.05, 0) is 37.1 Å². The fourth-order valence-electron chi connectivity index (χ4n) is 2.14. The lowest BCUT2D eigenvalue weighted by molar-refractivity contribution is -0.132. The van der Waals surface area contributed by atoms with Crippen LogP contribution in [0.5, 0.6) is 0 Å². The van der Waals surface area contributed by atoms with Crippen molar-refractivity contribution in [2.75, 3.05) is 13.6 Å². The highest BCUT2D eigenvalue weighted by Crippen LogP contribution is 2.19. The van der Waals surface area contributed by atoms with Gasteiger partial charge in [0.05, 0.1) is 6.04 Å². The molecule has 2 rings (SSSR count). The van der Waals surface area contributed by atoms with Gasteiger partial charge in [-0.3, -0.25) is 4.79 Å². The molecule has 0 aliphatic carbocycles. The minimum absolute atomic E-state index is 0.0629. The van der Waals surface area contributed by atoms with Gasteiger partial charge in [0.15, 0.2) is 0 Å². The summed E-state index contributed by atoms with van der Waals surface area (Å²) in [4.78, 5) is 13.7. The molecule has 18 heavy (non-hydrogen) atoms. The number of hydrogen-bond donors (Lipinski definition) is 1. The number of nitrogens with zero attached hydrogens (tertiary/aromatic N) is 1. The first kappa shape index (κ1) is 13.3. The van der Waals surface area contributed by atoms with E-state index in [1.54, 1.807) is 18.0 Å². The predicted molar refractivity (Wildman–Crippen MR) is 68.9 cm³/mol. The van der Waals surface area contributed by atoms with E-state index in [1.165, 1.54) is 12.1 Å². The quantitative estimate of drug-likeness (QED) is 0.913. The first-order chi connectivity index (χ1) is 8.58. The van der Waals surface area contributed by atoms with Crippen molar-refractivity contribution in [1.29, 1.82) is 0 Å². The van der Waals surface area contributed by atoms with Gasteiger partial charge in [0, 0.05) is 18.6 Å². The van der Waals surface area contributed by atoms with Crippen LogP contribution >= 0.6 is 11.6 Å². The summed E-state index contributed by atoms with van der Waals surface area (Å²) in [6.07, 6.45) is 1.90. The maximum Gasteiger partial charge on any atom is 0.239 e. The number of likely N-dealkylation sites (N-methyl/N-ethyl adjacent to an activating group) is 1. The highest BCUT2D eigenvalue weighted by Gasteiger charge is 2.25. The molecule has 1 aliphatic rings. The number of amides is 1. The molecule has 3 nitrogen and oxygen atoms in total. The van der Waals surface area contributed by atoms with Crippen LogP contribution in [0.2, 0.25) is 5.02 Å². The molecule has 1 N–H and O–H groups in total. The zero-order valence-corrected chi connectivity index (χ0v) is 11.0. The summed E-state index contributed by atoms with van der Waals surface area (Å²) in [5.41, 5.74) is 0.756. The molecule has 1 atom stereocenters. The maximum absolute atomic E-state index is 12.9. The smallest absolute Gasteiger partial charge is 0.239 e. The van der Waals surface area contributed by atoms with Crippen molar-refractivity contribution < 1.29 is 9.18 Å². The Morgan fingerprint density at radius 2 is 2.39 bits per heavy atom. The molecule has 1 aromatic carbocycles. The van der Waals surface area contributed by atoms with Gasteiger partial charge in [0.25, 0.3) is 0 Å². The third-order valence-electron chi connectivity index (χ3n) is 3.16. The van der Waals surface area contributed by atoms with Crippen molar-refractivity contribution in [1.82, 2.24) is 10.2 Å². The van der Waals surface area contributed by atoms with E-state index >= 15 is 0 Å². The normalized spacial score (nSPS) is 18.9. The van der Waals surface area contributed by atoms with E-state index < -0.39 is 0 Å². The third-order valence-corrected chi connectivity index (χ3v) is 3.51. The summed E-state index contributed by atoms with van der Waals surface area (Å²) < 4.78 is 12.9. The van der Waals surface area contributed by atoms with Crippen molar-refractivity contribution in [3.8, 4) is 0 Å². The molecule has 0 spiro atoms. The van der Waals surface area contributed by atoms with Crippen molar-refractivity contribution in [2.24, 2.45) is 0 Å². The Labute approximate surface area is 111 Å². The van der Waals surface area contributed by atoms with E-state index in [4.69, 9.17) is 11.6 Å². The molecule has 5 heteroatoms. The lowest BCUT2D eigenvalue weighted by atomic mass is 10.1. The van der Waals surface area contributed by atoms with Crippen LogP contribution in [0.15, 0.2) is 18.2 Å². The average Bonchev–Trinajstić information content (AvgIpc) is 2.85. The second kappa shape index (κ2) is 5.67. The van der Waals surface area contributed by atoms with E-state index in [0.29, 0.717) is 11.6 Å². The van der Waals surface area contributed by atoms with Crippen LogP contribution in [0.1, 0.15) is 18.4 Å². The molecule has 1 unspecified atom stereocenters. The summed E-state index contributed by atoms with van der Waals surface area (Å²) in [5.74, 6) is -0.303. The van der Waals surface area contributed by atoms with E-state index in [9.17, 15) is 9.18 Å². The van der Waals surface area contributed by atoms with Crippen LogP contribution < -0.4 is 5.32 Å². The van der Waals surface area contributed by atoms with Gasteiger partial charge < -0.3 is 10.2 Å². The maximum atomic E-state index is 12.9. The average molecular weight is 271 g/mol. The molecule has 1 amide bonds. The Bertz CT molecular complexity index is 447. The standard InChI is InChI=1S/C13H16ClFN2O/c1-17(13(18)12-3-2-6-16-12)8-9-4-5-10(15)7-11(9)14/h4-5,7,12,16H,2-3,6,8H2,1H3. The Morgan fingerprint density at radius 3 is 3.00 bits per heavy atom. The number of halogens is 2. The SMILES string of the molecule is CN(Cc1ccc(F)cc1Cl)C(=O)C1CCCN1. The molecule has 0 aromatic heterocycles. The van der Waals surface area contributed by atoms with Crippen LogP contribution in [0.25, 0.3) is 0 Å². The minimum Gasteiger partial charge on any atom is -0.340 e. The second-order valence-corrected chi connectivity index (χ2v) is 4.99. The van der Waals surface area contributed by atoms with E-state index in [1.807, 2.05) is 0 Å². The minimum atomic E-state index is -0.366. The number of carbonyl (C=O) groups is 1. The zero-order chi connectivity index (χ0) is 13.1. The molecule has 1 aromatic rings. The van der Waals surface area contributed by atoms with Gasteiger partial charge in [-0.25, -0.2) is 4.39 Å². The van der Waals surface area contributed by atoms with Gasteiger partial charge in [-0.2, -0.15) is 0 Å². The lowest BCUT2D eigenvalue weighted by Gasteiger charge is -2.21. The molecule has 1 saturated heterocycles. The largest absolute Gasteiger partial charge is 0.340 e. The Balaban J connectivity index is 2.01. The van der Waals surface area contributed by atoms with Crippen molar-refractivity contribution in [3.63, 3.8) is 0 Å². The van der Waals surface area contributed by atoms with Gasteiger partial charge in [0.1, 0.15) is 5.82 Å². The van der Waals surface area contributed by atoms with E-state index in [2.05, 4.69) is 5.32 Å². The Kier molecular flexibility index (Phi) is 4.19. The molecule has 0 saturated carbocycles. The predicted octanol–water partition coefficient (Wildman–Crippen LogP) is 2.19. The first-order valence-corrected chi connectivity index (χ1v) is 6.38. The van der Waals surface area contributed by atoms with Crippen LogP contribution in [-0.2, 0) is 11.3 Å². The fourth-order valence-corrected chi connectivity index (χ4v) is 2.37. The number of rotatable bonds is 3. The third kappa shape index (κ3) is 3.00. The van der Waals surface area contributed by atoms with Crippen molar-refractivity contribution in [3.05, 3.63) is 34.6 Å². The summed E-state index contributed by atoms with van der Waals surface area (Å²) in [7, 11) is 1.74. The highest BCUT2D eigenvalue weighted by atomic mass is 35.5. The van der Waals surface area contributed by atoms with Gasteiger partial charge in [-0.15, -0.1) is 0 Å². The summed E-state index contributed by atoms with van der Waals surface area (Å²) in [6, 6.07) is 4.15. The summed E-state index contributed by atoms with van der Waals surface area (Å²) >= 11 is 5.94. The molecule has 1 fully saturated rings. The van der Waals surface area contributed by atoms with Gasteiger partial charge >= 0.3 is 0 Å². The highest BCUT2D eigenvalue weighted by molar-refractivity contribution is 6.31. The number of nitrogens with one attached hydrogen (secondary N) is 1. The van der Waals surface area contributed by atoms with Crippen molar-refractivity contribution >= 4 is 17.5 Å². The molecule has 1 aliphatic heterocycles. The number of hydrogen-bond acceptors (Lipinski definition) is 2. The molecule has 98 valence electrons. The van der Waals surface area contributed by atoms with E-state index in [-0.39, 0.29) is 17.8 Å². The van der Waals surface area contributed by atoms with Gasteiger partial charge in [-0.1, -0.05) is 17.7 Å². The Morgan fingerprint density at radius 1 is 1.61 bits per heavy atom. The van der Waals surface area contributed by atoms with Gasteiger partial charge in [0.2, 0.25) is 5.91 Å². The first-order valence-electron chi connectivity index (χ1n) is 6.00. The van der Waals surface area contributed by atoms with Crippen LogP contribution in [0.4, 0.5) is 4.39 Å². The molecule has 1 heterocycles. The second-order valence-electron chi connectivity index (χ2n) is 4.58. The zero-order valence-electron chi connectivity index (χ0n) is 10.2. The summed E-state index contributed by atoms with van der Waals surface area (Å²) in [6.45, 7) is 1.29. The molecule has 0 bridgehead atoms. The van der Waals surface area contributed by atoms with Crippen LogP contribution in [0.3, 0.4) is 0 Å². The number of benzene rings is 1. The topological polar surface area (TPSA) is 32.3 Å². The summed E-state index contributed by atoms with van der Waals surface area (Å²) in [5, 5.41) is 3.52. The van der Waals surface area contributed by atoms with Crippen molar-refractivity contribution in [2.45, 2.75) is 25.4 Å².